The molecule has 2 rings (SSSR count). The van der Waals surface area contributed by atoms with E-state index in [4.69, 9.17) is 4.74 Å². The molecule has 26 heavy (non-hydrogen) atoms. The van der Waals surface area contributed by atoms with Crippen molar-refractivity contribution in [2.75, 3.05) is 0 Å². The smallest absolute Gasteiger partial charge is 0.316 e. The molecule has 1 aliphatic heterocycles. The number of aryl methyl sites for hydroxylation is 2. The first-order chi connectivity index (χ1) is 11.9. The van der Waals surface area contributed by atoms with Gasteiger partial charge in [0, 0.05) is 10.0 Å². The van der Waals surface area contributed by atoms with Gasteiger partial charge in [-0.05, 0) is 64.7 Å². The number of benzene rings is 1. The second kappa shape index (κ2) is 7.18. The van der Waals surface area contributed by atoms with E-state index in [9.17, 15) is 9.59 Å². The number of esters is 1. The zero-order chi connectivity index (χ0) is 19.9. The molecule has 0 saturated heterocycles. The highest BCUT2D eigenvalue weighted by Crippen LogP contribution is 2.41. The van der Waals surface area contributed by atoms with Crippen LogP contribution in [0, 0.1) is 12.3 Å². The van der Waals surface area contributed by atoms with Gasteiger partial charge in [0.15, 0.2) is 0 Å². The van der Waals surface area contributed by atoms with Gasteiger partial charge in [0.2, 0.25) is 0 Å². The summed E-state index contributed by atoms with van der Waals surface area (Å²) in [4.78, 5) is 25.5. The first-order valence-corrected chi connectivity index (χ1v) is 9.82. The van der Waals surface area contributed by atoms with Gasteiger partial charge in [-0.1, -0.05) is 35.8 Å². The van der Waals surface area contributed by atoms with E-state index in [1.807, 2.05) is 47.6 Å². The van der Waals surface area contributed by atoms with Crippen LogP contribution in [-0.4, -0.2) is 17.4 Å². The Morgan fingerprint density at radius 2 is 1.88 bits per heavy atom. The lowest BCUT2D eigenvalue weighted by atomic mass is 9.91. The van der Waals surface area contributed by atoms with Crippen molar-refractivity contribution in [1.29, 1.82) is 0 Å². The SMILES string of the molecule is CCc1cc(C)cc(Br)c1C1=C(OC(=O)C(C)(C)C)C(C)(CC)NC1=O. The fraction of sp³-hybridized carbons (Fsp3) is 0.524. The molecule has 1 atom stereocenters. The molecular weight excluding hydrogens is 394 g/mol. The topological polar surface area (TPSA) is 55.4 Å². The van der Waals surface area contributed by atoms with E-state index in [-0.39, 0.29) is 11.9 Å². The molecule has 0 fully saturated rings. The highest BCUT2D eigenvalue weighted by atomic mass is 79.9. The third-order valence-corrected chi connectivity index (χ3v) is 5.43. The summed E-state index contributed by atoms with van der Waals surface area (Å²) in [5, 5.41) is 3.02. The van der Waals surface area contributed by atoms with Gasteiger partial charge in [0.25, 0.3) is 5.91 Å². The van der Waals surface area contributed by atoms with Crippen molar-refractivity contribution < 1.29 is 14.3 Å². The monoisotopic (exact) mass is 421 g/mol. The largest absolute Gasteiger partial charge is 0.427 e. The van der Waals surface area contributed by atoms with Crippen LogP contribution in [0.1, 0.15) is 64.7 Å². The molecule has 0 aliphatic carbocycles. The molecule has 1 unspecified atom stereocenters. The minimum absolute atomic E-state index is 0.203. The van der Waals surface area contributed by atoms with E-state index in [2.05, 4.69) is 34.2 Å². The van der Waals surface area contributed by atoms with Gasteiger partial charge in [-0.3, -0.25) is 9.59 Å². The van der Waals surface area contributed by atoms with E-state index in [1.54, 1.807) is 0 Å². The van der Waals surface area contributed by atoms with Gasteiger partial charge < -0.3 is 10.1 Å². The molecule has 1 amide bonds. The molecule has 1 heterocycles. The predicted molar refractivity (Wildman–Crippen MR) is 108 cm³/mol. The van der Waals surface area contributed by atoms with Crippen LogP contribution in [-0.2, 0) is 20.7 Å². The Kier molecular flexibility index (Phi) is 5.71. The van der Waals surface area contributed by atoms with E-state index < -0.39 is 11.0 Å². The summed E-state index contributed by atoms with van der Waals surface area (Å²) in [7, 11) is 0. The van der Waals surface area contributed by atoms with Gasteiger partial charge in [-0.15, -0.1) is 0 Å². The molecule has 0 spiro atoms. The molecule has 4 nitrogen and oxygen atoms in total. The van der Waals surface area contributed by atoms with Crippen LogP contribution in [0.3, 0.4) is 0 Å². The summed E-state index contributed by atoms with van der Waals surface area (Å²) in [6.45, 7) is 13.4. The number of carbonyl (C=O) groups is 2. The third-order valence-electron chi connectivity index (χ3n) is 4.81. The Morgan fingerprint density at radius 1 is 1.27 bits per heavy atom. The molecule has 0 aromatic heterocycles. The number of carbonyl (C=O) groups excluding carboxylic acids is 2. The summed E-state index contributed by atoms with van der Waals surface area (Å²) >= 11 is 3.61. The van der Waals surface area contributed by atoms with Gasteiger partial charge in [-0.2, -0.15) is 0 Å². The predicted octanol–water partition coefficient (Wildman–Crippen LogP) is 4.92. The van der Waals surface area contributed by atoms with Crippen molar-refractivity contribution in [2.24, 2.45) is 5.41 Å². The normalized spacial score (nSPS) is 20.4. The summed E-state index contributed by atoms with van der Waals surface area (Å²) in [5.41, 5.74) is 2.06. The van der Waals surface area contributed by atoms with Crippen LogP contribution in [0.4, 0.5) is 0 Å². The van der Waals surface area contributed by atoms with Crippen molar-refractivity contribution in [1.82, 2.24) is 5.32 Å². The molecule has 0 radical (unpaired) electrons. The fourth-order valence-electron chi connectivity index (χ4n) is 3.01. The number of rotatable bonds is 4. The third kappa shape index (κ3) is 3.73. The van der Waals surface area contributed by atoms with Crippen LogP contribution in [0.5, 0.6) is 0 Å². The average Bonchev–Trinajstić information content (AvgIpc) is 2.77. The number of hydrogen-bond acceptors (Lipinski definition) is 3. The lowest BCUT2D eigenvalue weighted by Crippen LogP contribution is -2.42. The highest BCUT2D eigenvalue weighted by molar-refractivity contribution is 9.10. The molecule has 142 valence electrons. The van der Waals surface area contributed by atoms with Crippen molar-refractivity contribution in [2.45, 2.75) is 66.8 Å². The average molecular weight is 422 g/mol. The maximum atomic E-state index is 12.9. The Balaban J connectivity index is 2.75. The molecule has 1 N–H and O–H groups in total. The molecule has 0 saturated carbocycles. The first kappa shape index (κ1) is 20.7. The van der Waals surface area contributed by atoms with Gasteiger partial charge in [-0.25, -0.2) is 0 Å². The quantitative estimate of drug-likeness (QED) is 0.701. The van der Waals surface area contributed by atoms with E-state index >= 15 is 0 Å². The van der Waals surface area contributed by atoms with Crippen LogP contribution in [0.15, 0.2) is 22.4 Å². The van der Waals surface area contributed by atoms with Crippen molar-refractivity contribution in [3.63, 3.8) is 0 Å². The van der Waals surface area contributed by atoms with Crippen LogP contribution >= 0.6 is 15.9 Å². The number of ether oxygens (including phenoxy) is 1. The van der Waals surface area contributed by atoms with Crippen LogP contribution < -0.4 is 5.32 Å². The number of halogens is 1. The number of amides is 1. The molecular formula is C21H28BrNO3. The van der Waals surface area contributed by atoms with E-state index in [0.717, 1.165) is 27.6 Å². The highest BCUT2D eigenvalue weighted by Gasteiger charge is 2.45. The summed E-state index contributed by atoms with van der Waals surface area (Å²) in [6.07, 6.45) is 1.40. The fourth-order valence-corrected chi connectivity index (χ4v) is 3.82. The molecule has 1 aromatic rings. The zero-order valence-corrected chi connectivity index (χ0v) is 18.3. The van der Waals surface area contributed by atoms with Crippen molar-refractivity contribution >= 4 is 33.4 Å². The Morgan fingerprint density at radius 3 is 2.38 bits per heavy atom. The Labute approximate surface area is 164 Å². The molecule has 0 bridgehead atoms. The maximum Gasteiger partial charge on any atom is 0.316 e. The summed E-state index contributed by atoms with van der Waals surface area (Å²) in [6, 6.07) is 4.06. The molecule has 1 aliphatic rings. The second-order valence-corrected chi connectivity index (χ2v) is 8.97. The van der Waals surface area contributed by atoms with Gasteiger partial charge in [0.1, 0.15) is 5.76 Å². The minimum atomic E-state index is -0.706. The number of nitrogens with one attached hydrogen (secondary N) is 1. The Hall–Kier alpha value is -1.62. The van der Waals surface area contributed by atoms with E-state index in [0.29, 0.717) is 17.8 Å². The summed E-state index contributed by atoms with van der Waals surface area (Å²) in [5.74, 6) is -0.128. The standard InChI is InChI=1S/C21H28BrNO3/c1-8-13-10-12(3)11-14(22)15(13)16-17(26-19(25)20(4,5)6)21(7,9-2)23-18(16)24/h10-11H,8-9H2,1-7H3,(H,23,24). The number of hydrogen-bond donors (Lipinski definition) is 1. The van der Waals surface area contributed by atoms with Crippen LogP contribution in [0.25, 0.3) is 5.57 Å². The van der Waals surface area contributed by atoms with E-state index in [1.165, 1.54) is 0 Å². The van der Waals surface area contributed by atoms with Crippen molar-refractivity contribution in [3.8, 4) is 0 Å². The molecule has 1 aromatic carbocycles. The van der Waals surface area contributed by atoms with Crippen molar-refractivity contribution in [3.05, 3.63) is 39.1 Å². The van der Waals surface area contributed by atoms with Crippen LogP contribution in [0.2, 0.25) is 0 Å². The van der Waals surface area contributed by atoms with Gasteiger partial charge >= 0.3 is 5.97 Å². The lowest BCUT2D eigenvalue weighted by Gasteiger charge is -2.28. The first-order valence-electron chi connectivity index (χ1n) is 9.03. The Bertz CT molecular complexity index is 789. The minimum Gasteiger partial charge on any atom is -0.427 e. The zero-order valence-electron chi connectivity index (χ0n) is 16.7. The van der Waals surface area contributed by atoms with Gasteiger partial charge in [0.05, 0.1) is 16.5 Å². The lowest BCUT2D eigenvalue weighted by molar-refractivity contribution is -0.149. The maximum absolute atomic E-state index is 12.9. The molecule has 5 heteroatoms. The summed E-state index contributed by atoms with van der Waals surface area (Å²) < 4.78 is 6.68. The second-order valence-electron chi connectivity index (χ2n) is 8.12.